The molecule has 0 amide bonds. The normalized spacial score (nSPS) is 17.2. The Labute approximate surface area is 128 Å². The highest BCUT2D eigenvalue weighted by Gasteiger charge is 2.19. The lowest BCUT2D eigenvalue weighted by atomic mass is 10.1. The summed E-state index contributed by atoms with van der Waals surface area (Å²) in [7, 11) is 1.78. The molecule has 0 saturated carbocycles. The lowest BCUT2D eigenvalue weighted by Gasteiger charge is -2.30. The van der Waals surface area contributed by atoms with Crippen LogP contribution in [-0.2, 0) is 11.4 Å². The van der Waals surface area contributed by atoms with E-state index in [0.29, 0.717) is 23.6 Å². The first kappa shape index (κ1) is 14.4. The van der Waals surface area contributed by atoms with Gasteiger partial charge in [0.05, 0.1) is 6.10 Å². The van der Waals surface area contributed by atoms with E-state index in [9.17, 15) is 0 Å². The predicted octanol–water partition coefficient (Wildman–Crippen LogP) is 2.06. The molecule has 7 heteroatoms. The topological polar surface area (TPSA) is 56.1 Å². The van der Waals surface area contributed by atoms with E-state index >= 15 is 0 Å². The number of ether oxygens (including phenoxy) is 1. The molecule has 1 fully saturated rings. The molecule has 0 aliphatic carbocycles. The highest BCUT2D eigenvalue weighted by molar-refractivity contribution is 6.30. The SMILES string of the molecule is COC1CCN(Cn2nnc(-c3ccc(Cl)cc3)n2)CC1. The molecule has 1 aromatic heterocycles. The second kappa shape index (κ2) is 6.51. The van der Waals surface area contributed by atoms with Gasteiger partial charge in [-0.15, -0.1) is 15.0 Å². The van der Waals surface area contributed by atoms with Gasteiger partial charge in [0.25, 0.3) is 0 Å². The van der Waals surface area contributed by atoms with E-state index < -0.39 is 0 Å². The first-order valence-corrected chi connectivity index (χ1v) is 7.41. The fourth-order valence-corrected chi connectivity index (χ4v) is 2.61. The summed E-state index contributed by atoms with van der Waals surface area (Å²) in [5.41, 5.74) is 0.920. The maximum absolute atomic E-state index is 5.88. The molecule has 3 rings (SSSR count). The van der Waals surface area contributed by atoms with Crippen molar-refractivity contribution in [2.24, 2.45) is 0 Å². The van der Waals surface area contributed by atoms with Crippen molar-refractivity contribution in [3.05, 3.63) is 29.3 Å². The van der Waals surface area contributed by atoms with E-state index in [0.717, 1.165) is 31.5 Å². The summed E-state index contributed by atoms with van der Waals surface area (Å²) in [4.78, 5) is 3.94. The van der Waals surface area contributed by atoms with Gasteiger partial charge in [0.1, 0.15) is 6.67 Å². The second-order valence-corrected chi connectivity index (χ2v) is 5.62. The first-order chi connectivity index (χ1) is 10.2. The molecule has 112 valence electrons. The maximum Gasteiger partial charge on any atom is 0.204 e. The monoisotopic (exact) mass is 307 g/mol. The lowest BCUT2D eigenvalue weighted by molar-refractivity contribution is 0.0283. The minimum atomic E-state index is 0.384. The second-order valence-electron chi connectivity index (χ2n) is 5.19. The van der Waals surface area contributed by atoms with Crippen LogP contribution in [0.5, 0.6) is 0 Å². The summed E-state index contributed by atoms with van der Waals surface area (Å²) in [6, 6.07) is 7.45. The van der Waals surface area contributed by atoms with Gasteiger partial charge in [0, 0.05) is 30.8 Å². The van der Waals surface area contributed by atoms with Crippen LogP contribution in [0.2, 0.25) is 5.02 Å². The largest absolute Gasteiger partial charge is 0.381 e. The highest BCUT2D eigenvalue weighted by Crippen LogP contribution is 2.17. The van der Waals surface area contributed by atoms with Crippen molar-refractivity contribution >= 4 is 11.6 Å². The van der Waals surface area contributed by atoms with Crippen molar-refractivity contribution < 1.29 is 4.74 Å². The van der Waals surface area contributed by atoms with Crippen molar-refractivity contribution in [1.82, 2.24) is 25.1 Å². The quantitative estimate of drug-likeness (QED) is 0.865. The van der Waals surface area contributed by atoms with Gasteiger partial charge >= 0.3 is 0 Å². The van der Waals surface area contributed by atoms with Crippen LogP contribution in [0.1, 0.15) is 12.8 Å². The molecule has 0 N–H and O–H groups in total. The Hall–Kier alpha value is -1.50. The average molecular weight is 308 g/mol. The van der Waals surface area contributed by atoms with Crippen LogP contribution >= 0.6 is 11.6 Å². The maximum atomic E-state index is 5.88. The highest BCUT2D eigenvalue weighted by atomic mass is 35.5. The number of benzene rings is 1. The van der Waals surface area contributed by atoms with E-state index in [4.69, 9.17) is 16.3 Å². The molecule has 1 aliphatic heterocycles. The third-order valence-electron chi connectivity index (χ3n) is 3.75. The molecular formula is C14H18ClN5O. The minimum Gasteiger partial charge on any atom is -0.381 e. The number of halogens is 1. The van der Waals surface area contributed by atoms with Gasteiger partial charge < -0.3 is 4.74 Å². The van der Waals surface area contributed by atoms with Crippen LogP contribution < -0.4 is 0 Å². The van der Waals surface area contributed by atoms with Crippen molar-refractivity contribution in [3.8, 4) is 11.4 Å². The Balaban J connectivity index is 1.62. The lowest BCUT2D eigenvalue weighted by Crippen LogP contribution is -2.38. The van der Waals surface area contributed by atoms with Crippen molar-refractivity contribution in [2.45, 2.75) is 25.6 Å². The zero-order valence-corrected chi connectivity index (χ0v) is 12.7. The smallest absolute Gasteiger partial charge is 0.204 e. The van der Waals surface area contributed by atoms with Crippen LogP contribution in [0.4, 0.5) is 0 Å². The van der Waals surface area contributed by atoms with Gasteiger partial charge in [-0.1, -0.05) is 11.6 Å². The third-order valence-corrected chi connectivity index (χ3v) is 4.00. The molecular weight excluding hydrogens is 290 g/mol. The van der Waals surface area contributed by atoms with E-state index in [2.05, 4.69) is 20.3 Å². The third kappa shape index (κ3) is 3.58. The fourth-order valence-electron chi connectivity index (χ4n) is 2.48. The van der Waals surface area contributed by atoms with Crippen LogP contribution in [0.3, 0.4) is 0 Å². The number of likely N-dealkylation sites (tertiary alicyclic amines) is 1. The van der Waals surface area contributed by atoms with Crippen molar-refractivity contribution in [3.63, 3.8) is 0 Å². The van der Waals surface area contributed by atoms with Gasteiger partial charge in [-0.05, 0) is 42.3 Å². The Morgan fingerprint density at radius 1 is 1.24 bits per heavy atom. The number of nitrogens with zero attached hydrogens (tertiary/aromatic N) is 5. The van der Waals surface area contributed by atoms with Crippen LogP contribution in [0, 0.1) is 0 Å². The molecule has 1 aliphatic rings. The molecule has 0 bridgehead atoms. The van der Waals surface area contributed by atoms with Gasteiger partial charge in [0.15, 0.2) is 0 Å². The number of methoxy groups -OCH3 is 1. The number of hydrogen-bond acceptors (Lipinski definition) is 5. The number of hydrogen-bond donors (Lipinski definition) is 0. The van der Waals surface area contributed by atoms with Crippen LogP contribution in [0.15, 0.2) is 24.3 Å². The van der Waals surface area contributed by atoms with Crippen molar-refractivity contribution in [2.75, 3.05) is 20.2 Å². The summed E-state index contributed by atoms with van der Waals surface area (Å²) in [5.74, 6) is 0.624. The van der Waals surface area contributed by atoms with Crippen molar-refractivity contribution in [1.29, 1.82) is 0 Å². The van der Waals surface area contributed by atoms with Gasteiger partial charge in [-0.2, -0.15) is 0 Å². The molecule has 1 saturated heterocycles. The molecule has 6 nitrogen and oxygen atoms in total. The van der Waals surface area contributed by atoms with E-state index in [1.54, 1.807) is 11.9 Å². The Kier molecular flexibility index (Phi) is 4.48. The first-order valence-electron chi connectivity index (χ1n) is 7.03. The number of aromatic nitrogens is 4. The van der Waals surface area contributed by atoms with E-state index in [-0.39, 0.29) is 0 Å². The van der Waals surface area contributed by atoms with E-state index in [1.807, 2.05) is 24.3 Å². The summed E-state index contributed by atoms with van der Waals surface area (Å²) in [6.07, 6.45) is 2.49. The summed E-state index contributed by atoms with van der Waals surface area (Å²) in [6.45, 7) is 2.66. The Morgan fingerprint density at radius 2 is 1.95 bits per heavy atom. The molecule has 2 aromatic rings. The average Bonchev–Trinajstić information content (AvgIpc) is 2.97. The molecule has 0 unspecified atom stereocenters. The van der Waals surface area contributed by atoms with Gasteiger partial charge in [-0.25, -0.2) is 0 Å². The number of rotatable bonds is 4. The predicted molar refractivity (Wildman–Crippen MR) is 79.9 cm³/mol. The molecule has 0 radical (unpaired) electrons. The summed E-state index contributed by atoms with van der Waals surface area (Å²) in [5, 5.41) is 13.3. The van der Waals surface area contributed by atoms with Crippen LogP contribution in [-0.4, -0.2) is 51.4 Å². The Morgan fingerprint density at radius 3 is 2.62 bits per heavy atom. The number of tetrazole rings is 1. The number of piperidine rings is 1. The zero-order valence-electron chi connectivity index (χ0n) is 11.9. The van der Waals surface area contributed by atoms with E-state index in [1.165, 1.54) is 0 Å². The van der Waals surface area contributed by atoms with Gasteiger partial charge in [0.2, 0.25) is 5.82 Å². The zero-order chi connectivity index (χ0) is 14.7. The summed E-state index contributed by atoms with van der Waals surface area (Å²) >= 11 is 5.88. The van der Waals surface area contributed by atoms with Gasteiger partial charge in [-0.3, -0.25) is 4.90 Å². The molecule has 21 heavy (non-hydrogen) atoms. The summed E-state index contributed by atoms with van der Waals surface area (Å²) < 4.78 is 5.37. The standard InChI is InChI=1S/C14H18ClN5O/c1-21-13-6-8-19(9-7-13)10-20-17-14(16-18-20)11-2-4-12(15)5-3-11/h2-5,13H,6-10H2,1H3. The molecule has 2 heterocycles. The fraction of sp³-hybridized carbons (Fsp3) is 0.500. The molecule has 0 spiro atoms. The van der Waals surface area contributed by atoms with Crippen LogP contribution in [0.25, 0.3) is 11.4 Å². The Bertz CT molecular complexity index is 577. The minimum absolute atomic E-state index is 0.384. The molecule has 0 atom stereocenters. The molecule has 1 aromatic carbocycles.